The summed E-state index contributed by atoms with van der Waals surface area (Å²) < 4.78 is 0. The molecule has 1 aliphatic heterocycles. The number of nitrogens with one attached hydrogen (secondary N) is 2. The Balaban J connectivity index is 2.59. The average Bonchev–Trinajstić information content (AvgIpc) is 2.17. The zero-order valence-electron chi connectivity index (χ0n) is 7.48. The molecule has 0 spiro atoms. The number of aromatic nitrogens is 2. The van der Waals surface area contributed by atoms with Crippen molar-refractivity contribution in [3.63, 3.8) is 0 Å². The van der Waals surface area contributed by atoms with Crippen LogP contribution in [0.2, 0.25) is 0 Å². The van der Waals surface area contributed by atoms with Gasteiger partial charge in [-0.3, -0.25) is 15.0 Å². The SMILES string of the molecule is CN(O)c1nc2c(c(=O)[nH]1)N=CCN2. The number of hydrogen-bond donors (Lipinski definition) is 3. The number of anilines is 2. The molecule has 74 valence electrons. The number of hydroxylamine groups is 1. The summed E-state index contributed by atoms with van der Waals surface area (Å²) in [6, 6.07) is 0. The van der Waals surface area contributed by atoms with Gasteiger partial charge in [-0.05, 0) is 0 Å². The highest BCUT2D eigenvalue weighted by Crippen LogP contribution is 2.20. The predicted molar refractivity (Wildman–Crippen MR) is 51.7 cm³/mol. The van der Waals surface area contributed by atoms with Crippen LogP contribution in [-0.2, 0) is 0 Å². The fourth-order valence-corrected chi connectivity index (χ4v) is 1.13. The lowest BCUT2D eigenvalue weighted by molar-refractivity contribution is 0.272. The lowest BCUT2D eigenvalue weighted by Crippen LogP contribution is -2.22. The molecule has 0 amide bonds. The van der Waals surface area contributed by atoms with E-state index in [2.05, 4.69) is 20.3 Å². The van der Waals surface area contributed by atoms with Gasteiger partial charge in [0.05, 0.1) is 6.54 Å². The molecule has 1 aromatic heterocycles. The molecule has 14 heavy (non-hydrogen) atoms. The van der Waals surface area contributed by atoms with E-state index in [1.165, 1.54) is 7.05 Å². The Bertz CT molecular complexity index is 436. The van der Waals surface area contributed by atoms with Crippen molar-refractivity contribution in [2.75, 3.05) is 24.0 Å². The maximum atomic E-state index is 11.4. The number of rotatable bonds is 1. The van der Waals surface area contributed by atoms with Crippen LogP contribution in [0.3, 0.4) is 0 Å². The van der Waals surface area contributed by atoms with Gasteiger partial charge in [0.2, 0.25) is 5.95 Å². The highest BCUT2D eigenvalue weighted by molar-refractivity contribution is 5.78. The van der Waals surface area contributed by atoms with Gasteiger partial charge in [-0.1, -0.05) is 0 Å². The molecule has 3 N–H and O–H groups in total. The van der Waals surface area contributed by atoms with Crippen LogP contribution in [0.15, 0.2) is 9.79 Å². The molecular weight excluding hydrogens is 186 g/mol. The van der Waals surface area contributed by atoms with E-state index in [9.17, 15) is 4.79 Å². The van der Waals surface area contributed by atoms with Crippen LogP contribution in [0.25, 0.3) is 0 Å². The van der Waals surface area contributed by atoms with Crippen LogP contribution < -0.4 is 15.9 Å². The summed E-state index contributed by atoms with van der Waals surface area (Å²) in [6.07, 6.45) is 1.58. The van der Waals surface area contributed by atoms with Gasteiger partial charge in [-0.25, -0.2) is 10.1 Å². The largest absolute Gasteiger partial charge is 0.363 e. The molecule has 0 atom stereocenters. The number of hydrogen-bond acceptors (Lipinski definition) is 6. The first-order valence-corrected chi connectivity index (χ1v) is 4.02. The molecule has 1 aromatic rings. The lowest BCUT2D eigenvalue weighted by Gasteiger charge is -2.14. The number of fused-ring (bicyclic) bond motifs is 1. The summed E-state index contributed by atoms with van der Waals surface area (Å²) in [5, 5.41) is 12.7. The van der Waals surface area contributed by atoms with E-state index in [1.807, 2.05) is 0 Å². The van der Waals surface area contributed by atoms with Gasteiger partial charge in [0.15, 0.2) is 11.5 Å². The third-order valence-electron chi connectivity index (χ3n) is 1.77. The number of aliphatic imine (C=N–C) groups is 1. The smallest absolute Gasteiger partial charge is 0.280 e. The van der Waals surface area contributed by atoms with Crippen molar-refractivity contribution in [3.05, 3.63) is 10.4 Å². The van der Waals surface area contributed by atoms with E-state index in [0.717, 1.165) is 5.06 Å². The van der Waals surface area contributed by atoms with E-state index in [0.29, 0.717) is 12.4 Å². The summed E-state index contributed by atoms with van der Waals surface area (Å²) in [6.45, 7) is 0.526. The van der Waals surface area contributed by atoms with Gasteiger partial charge in [0.25, 0.3) is 5.56 Å². The Morgan fingerprint density at radius 3 is 3.14 bits per heavy atom. The Morgan fingerprint density at radius 2 is 2.43 bits per heavy atom. The summed E-state index contributed by atoms with van der Waals surface area (Å²) in [4.78, 5) is 21.7. The van der Waals surface area contributed by atoms with Gasteiger partial charge in [0.1, 0.15) is 0 Å². The average molecular weight is 195 g/mol. The minimum Gasteiger partial charge on any atom is -0.363 e. The molecule has 0 bridgehead atoms. The fourth-order valence-electron chi connectivity index (χ4n) is 1.13. The summed E-state index contributed by atoms with van der Waals surface area (Å²) in [7, 11) is 1.37. The van der Waals surface area contributed by atoms with Crippen molar-refractivity contribution < 1.29 is 5.21 Å². The van der Waals surface area contributed by atoms with Crippen molar-refractivity contribution >= 4 is 23.7 Å². The van der Waals surface area contributed by atoms with Crippen LogP contribution in [-0.4, -0.2) is 35.0 Å². The Labute approximate surface area is 79.1 Å². The molecule has 7 nitrogen and oxygen atoms in total. The zero-order valence-corrected chi connectivity index (χ0v) is 7.48. The van der Waals surface area contributed by atoms with Gasteiger partial charge in [0, 0.05) is 13.3 Å². The van der Waals surface area contributed by atoms with Crippen LogP contribution in [0, 0.1) is 0 Å². The molecule has 0 saturated heterocycles. The first kappa shape index (κ1) is 8.70. The Hall–Kier alpha value is -1.89. The maximum absolute atomic E-state index is 11.4. The van der Waals surface area contributed by atoms with E-state index >= 15 is 0 Å². The topological polar surface area (TPSA) is 93.6 Å². The van der Waals surface area contributed by atoms with Crippen molar-refractivity contribution in [3.8, 4) is 0 Å². The third-order valence-corrected chi connectivity index (χ3v) is 1.77. The van der Waals surface area contributed by atoms with Crippen LogP contribution in [0.4, 0.5) is 17.5 Å². The second kappa shape index (κ2) is 3.11. The van der Waals surface area contributed by atoms with Gasteiger partial charge in [-0.15, -0.1) is 0 Å². The number of aromatic amines is 1. The summed E-state index contributed by atoms with van der Waals surface area (Å²) >= 11 is 0. The standard InChI is InChI=1S/C7H9N5O2/c1-12(14)7-10-5-4(6(13)11-7)8-2-3-9-5/h2,14H,3H2,1H3,(H2,9,10,11,13). The molecule has 0 aliphatic carbocycles. The van der Waals surface area contributed by atoms with Gasteiger partial charge < -0.3 is 5.32 Å². The second-order valence-corrected chi connectivity index (χ2v) is 2.80. The first-order valence-electron chi connectivity index (χ1n) is 4.02. The molecule has 2 heterocycles. The third kappa shape index (κ3) is 1.33. The van der Waals surface area contributed by atoms with Crippen LogP contribution in [0.5, 0.6) is 0 Å². The molecule has 7 heteroatoms. The van der Waals surface area contributed by atoms with E-state index in [1.54, 1.807) is 6.21 Å². The van der Waals surface area contributed by atoms with Crippen molar-refractivity contribution in [1.29, 1.82) is 0 Å². The molecule has 0 aromatic carbocycles. The molecule has 0 radical (unpaired) electrons. The van der Waals surface area contributed by atoms with Crippen molar-refractivity contribution in [1.82, 2.24) is 9.97 Å². The van der Waals surface area contributed by atoms with E-state index in [4.69, 9.17) is 5.21 Å². The first-order chi connectivity index (χ1) is 6.68. The second-order valence-electron chi connectivity index (χ2n) is 2.80. The van der Waals surface area contributed by atoms with E-state index < -0.39 is 0 Å². The minimum atomic E-state index is -0.380. The monoisotopic (exact) mass is 195 g/mol. The van der Waals surface area contributed by atoms with Crippen LogP contribution in [0.1, 0.15) is 0 Å². The summed E-state index contributed by atoms with van der Waals surface area (Å²) in [5.41, 5.74) is -0.142. The predicted octanol–water partition coefficient (Wildman–Crippen LogP) is -0.277. The Kier molecular flexibility index (Phi) is 1.93. The molecular formula is C7H9N5O2. The number of H-pyrrole nitrogens is 1. The van der Waals surface area contributed by atoms with Gasteiger partial charge >= 0.3 is 0 Å². The minimum absolute atomic E-state index is 0.0818. The van der Waals surface area contributed by atoms with Crippen LogP contribution >= 0.6 is 0 Å². The highest BCUT2D eigenvalue weighted by atomic mass is 16.5. The highest BCUT2D eigenvalue weighted by Gasteiger charge is 2.13. The van der Waals surface area contributed by atoms with Gasteiger partial charge in [-0.2, -0.15) is 4.98 Å². The summed E-state index contributed by atoms with van der Waals surface area (Å²) in [5.74, 6) is 0.463. The Morgan fingerprint density at radius 1 is 1.64 bits per heavy atom. The molecule has 0 saturated carbocycles. The zero-order chi connectivity index (χ0) is 10.1. The fraction of sp³-hybridized carbons (Fsp3) is 0.286. The van der Waals surface area contributed by atoms with E-state index in [-0.39, 0.29) is 17.2 Å². The normalized spacial score (nSPS) is 13.3. The van der Waals surface area contributed by atoms with Crippen molar-refractivity contribution in [2.24, 2.45) is 4.99 Å². The lowest BCUT2D eigenvalue weighted by atomic mass is 10.4. The van der Waals surface area contributed by atoms with Crippen molar-refractivity contribution in [2.45, 2.75) is 0 Å². The number of nitrogens with zero attached hydrogens (tertiary/aromatic N) is 3. The maximum Gasteiger partial charge on any atom is 0.280 e. The molecule has 2 rings (SSSR count). The molecule has 0 unspecified atom stereocenters. The molecule has 0 fully saturated rings. The molecule has 1 aliphatic rings. The quantitative estimate of drug-likeness (QED) is 0.536.